The quantitative estimate of drug-likeness (QED) is 0.367. The Morgan fingerprint density at radius 3 is 2.63 bits per heavy atom. The molecule has 4 rings (SSSR count). The molecule has 0 aliphatic carbocycles. The number of hydrogen-bond acceptors (Lipinski definition) is 5. The number of carbonyl (C=O) groups is 1. The van der Waals surface area contributed by atoms with E-state index in [4.69, 9.17) is 11.6 Å². The number of hydrogen-bond donors (Lipinski definition) is 2. The van der Waals surface area contributed by atoms with Crippen molar-refractivity contribution in [3.8, 4) is 11.4 Å². The Labute approximate surface area is 185 Å². The minimum atomic E-state index is -0.338. The number of halogens is 2. The Morgan fingerprint density at radius 2 is 1.93 bits per heavy atom. The van der Waals surface area contributed by atoms with Gasteiger partial charge in [-0.2, -0.15) is 0 Å². The second-order valence-corrected chi connectivity index (χ2v) is 8.69. The Kier molecular flexibility index (Phi) is 6.47. The highest BCUT2D eigenvalue weighted by Crippen LogP contribution is 2.27. The van der Waals surface area contributed by atoms with E-state index in [0.717, 1.165) is 16.0 Å². The first kappa shape index (κ1) is 20.6. The molecule has 5 nitrogen and oxygen atoms in total. The van der Waals surface area contributed by atoms with E-state index in [0.29, 0.717) is 16.0 Å². The molecule has 2 N–H and O–H groups in total. The van der Waals surface area contributed by atoms with Crippen LogP contribution in [-0.2, 0) is 4.79 Å². The van der Waals surface area contributed by atoms with E-state index >= 15 is 0 Å². The van der Waals surface area contributed by atoms with Crippen LogP contribution in [0.1, 0.15) is 16.5 Å². The van der Waals surface area contributed by atoms with Gasteiger partial charge in [-0.15, -0.1) is 16.4 Å². The lowest BCUT2D eigenvalue weighted by atomic mass is 10.1. The number of aromatic nitrogens is 3. The van der Waals surface area contributed by atoms with Crippen LogP contribution in [0.2, 0.25) is 5.02 Å². The average molecular weight is 459 g/mol. The molecule has 0 aliphatic rings. The van der Waals surface area contributed by atoms with Gasteiger partial charge in [0.25, 0.3) is 0 Å². The molecule has 152 valence electrons. The van der Waals surface area contributed by atoms with Gasteiger partial charge >= 0.3 is 0 Å². The molecule has 0 saturated carbocycles. The van der Waals surface area contributed by atoms with Crippen molar-refractivity contribution in [3.05, 3.63) is 87.3 Å². The smallest absolute Gasteiger partial charge is 0.231 e. The molecule has 9 heteroatoms. The summed E-state index contributed by atoms with van der Waals surface area (Å²) in [6.07, 6.45) is 0. The summed E-state index contributed by atoms with van der Waals surface area (Å²) in [5.41, 5.74) is 1.68. The zero-order chi connectivity index (χ0) is 20.9. The molecule has 2 heterocycles. The molecular weight excluding hydrogens is 443 g/mol. The molecule has 0 spiro atoms. The van der Waals surface area contributed by atoms with Gasteiger partial charge in [0.2, 0.25) is 11.1 Å². The van der Waals surface area contributed by atoms with Crippen LogP contribution in [0.15, 0.2) is 71.2 Å². The van der Waals surface area contributed by atoms with Crippen molar-refractivity contribution < 1.29 is 9.18 Å². The number of nitrogens with one attached hydrogen (secondary N) is 2. The average Bonchev–Trinajstić information content (AvgIpc) is 3.44. The van der Waals surface area contributed by atoms with E-state index in [1.807, 2.05) is 29.6 Å². The van der Waals surface area contributed by atoms with E-state index in [2.05, 4.69) is 20.5 Å². The maximum Gasteiger partial charge on any atom is 0.231 e. The third-order valence-electron chi connectivity index (χ3n) is 4.25. The minimum Gasteiger partial charge on any atom is -0.344 e. The van der Waals surface area contributed by atoms with Crippen LogP contribution in [0.25, 0.3) is 11.4 Å². The SMILES string of the molecule is O=C(CSc1n[nH]c(-c2ccc(Cl)cc2)n1)NC(c1ccc(F)cc1)c1cccs1. The van der Waals surface area contributed by atoms with Crippen LogP contribution in [0.5, 0.6) is 0 Å². The fourth-order valence-electron chi connectivity index (χ4n) is 2.81. The van der Waals surface area contributed by atoms with Crippen LogP contribution in [0.3, 0.4) is 0 Å². The fraction of sp³-hybridized carbons (Fsp3) is 0.0952. The van der Waals surface area contributed by atoms with Crippen molar-refractivity contribution in [1.82, 2.24) is 20.5 Å². The lowest BCUT2D eigenvalue weighted by Gasteiger charge is -2.18. The van der Waals surface area contributed by atoms with Crippen LogP contribution in [0.4, 0.5) is 4.39 Å². The first-order valence-corrected chi connectivity index (χ1v) is 11.2. The van der Waals surface area contributed by atoms with Gasteiger partial charge in [-0.25, -0.2) is 9.37 Å². The van der Waals surface area contributed by atoms with E-state index in [-0.39, 0.29) is 23.5 Å². The van der Waals surface area contributed by atoms with Crippen molar-refractivity contribution in [2.75, 3.05) is 5.75 Å². The number of thiophene rings is 1. The Balaban J connectivity index is 1.40. The summed E-state index contributed by atoms with van der Waals surface area (Å²) >= 11 is 8.68. The normalized spacial score (nSPS) is 11.9. The molecule has 0 fully saturated rings. The number of aromatic amines is 1. The van der Waals surface area contributed by atoms with Gasteiger partial charge in [0.1, 0.15) is 5.82 Å². The lowest BCUT2D eigenvalue weighted by molar-refractivity contribution is -0.119. The molecular formula is C21H16ClFN4OS2. The van der Waals surface area contributed by atoms with Crippen LogP contribution >= 0.6 is 34.7 Å². The van der Waals surface area contributed by atoms with Gasteiger partial charge < -0.3 is 5.32 Å². The zero-order valence-electron chi connectivity index (χ0n) is 15.5. The van der Waals surface area contributed by atoms with Crippen LogP contribution in [0, 0.1) is 5.82 Å². The molecule has 4 aromatic rings. The largest absolute Gasteiger partial charge is 0.344 e. The summed E-state index contributed by atoms with van der Waals surface area (Å²) in [5, 5.41) is 13.1. The van der Waals surface area contributed by atoms with Crippen molar-refractivity contribution in [2.45, 2.75) is 11.2 Å². The highest BCUT2D eigenvalue weighted by molar-refractivity contribution is 7.99. The summed E-state index contributed by atoms with van der Waals surface area (Å²) in [7, 11) is 0. The number of rotatable bonds is 7. The van der Waals surface area contributed by atoms with Crippen LogP contribution < -0.4 is 5.32 Å². The molecule has 2 aromatic heterocycles. The van der Waals surface area contributed by atoms with Crippen molar-refractivity contribution in [3.63, 3.8) is 0 Å². The predicted octanol–water partition coefficient (Wildman–Crippen LogP) is 5.32. The summed E-state index contributed by atoms with van der Waals surface area (Å²) in [6, 6.07) is 16.9. The molecule has 2 aromatic carbocycles. The summed E-state index contributed by atoms with van der Waals surface area (Å²) in [6.45, 7) is 0. The number of carbonyl (C=O) groups excluding carboxylic acids is 1. The number of benzene rings is 2. The molecule has 0 aliphatic heterocycles. The van der Waals surface area contributed by atoms with Gasteiger partial charge in [-0.05, 0) is 53.4 Å². The number of nitrogens with zero attached hydrogens (tertiary/aromatic N) is 2. The zero-order valence-corrected chi connectivity index (χ0v) is 17.9. The molecule has 1 amide bonds. The number of H-pyrrole nitrogens is 1. The third kappa shape index (κ3) is 5.08. The number of amides is 1. The van der Waals surface area contributed by atoms with E-state index < -0.39 is 0 Å². The second kappa shape index (κ2) is 9.42. The van der Waals surface area contributed by atoms with Crippen molar-refractivity contribution in [2.24, 2.45) is 0 Å². The molecule has 1 unspecified atom stereocenters. The van der Waals surface area contributed by atoms with Crippen molar-refractivity contribution >= 4 is 40.6 Å². The third-order valence-corrected chi connectivity index (χ3v) is 6.29. The Morgan fingerprint density at radius 1 is 1.17 bits per heavy atom. The molecule has 0 saturated heterocycles. The Bertz CT molecular complexity index is 1110. The summed E-state index contributed by atoms with van der Waals surface area (Å²) in [4.78, 5) is 18.0. The van der Waals surface area contributed by atoms with Gasteiger partial charge in [-0.3, -0.25) is 9.89 Å². The minimum absolute atomic E-state index is 0.154. The maximum atomic E-state index is 13.3. The lowest BCUT2D eigenvalue weighted by Crippen LogP contribution is -2.30. The maximum absolute atomic E-state index is 13.3. The topological polar surface area (TPSA) is 70.7 Å². The summed E-state index contributed by atoms with van der Waals surface area (Å²) in [5.74, 6) is 0.283. The first-order valence-electron chi connectivity index (χ1n) is 8.98. The monoisotopic (exact) mass is 458 g/mol. The van der Waals surface area contributed by atoms with Crippen LogP contribution in [-0.4, -0.2) is 26.8 Å². The highest BCUT2D eigenvalue weighted by atomic mass is 35.5. The first-order chi connectivity index (χ1) is 14.6. The predicted molar refractivity (Wildman–Crippen MR) is 118 cm³/mol. The van der Waals surface area contributed by atoms with Gasteiger partial charge in [0.05, 0.1) is 11.8 Å². The molecule has 0 radical (unpaired) electrons. The van der Waals surface area contributed by atoms with Crippen molar-refractivity contribution in [1.29, 1.82) is 0 Å². The van der Waals surface area contributed by atoms with E-state index in [1.165, 1.54) is 35.2 Å². The van der Waals surface area contributed by atoms with Gasteiger partial charge in [0.15, 0.2) is 5.82 Å². The highest BCUT2D eigenvalue weighted by Gasteiger charge is 2.19. The number of thioether (sulfide) groups is 1. The molecule has 30 heavy (non-hydrogen) atoms. The van der Waals surface area contributed by atoms with Gasteiger partial charge in [-0.1, -0.05) is 41.6 Å². The van der Waals surface area contributed by atoms with Gasteiger partial charge in [0, 0.05) is 15.5 Å². The molecule has 0 bridgehead atoms. The van der Waals surface area contributed by atoms with E-state index in [1.54, 1.807) is 24.3 Å². The fourth-order valence-corrected chi connectivity index (χ4v) is 4.35. The standard InChI is InChI=1S/C21H16ClFN4OS2/c22-15-7-3-14(4-8-15)20-25-21(27-26-20)30-12-18(28)24-19(17-2-1-11-29-17)13-5-9-16(23)10-6-13/h1-11,19H,12H2,(H,24,28)(H,25,26,27). The second-order valence-electron chi connectivity index (χ2n) is 6.33. The molecule has 1 atom stereocenters. The van der Waals surface area contributed by atoms with E-state index in [9.17, 15) is 9.18 Å². The Hall–Kier alpha value is -2.68. The summed E-state index contributed by atoms with van der Waals surface area (Å²) < 4.78 is 13.3.